The predicted molar refractivity (Wildman–Crippen MR) is 91.5 cm³/mol. The smallest absolute Gasteiger partial charge is 0.303 e. The van der Waals surface area contributed by atoms with Crippen molar-refractivity contribution in [1.82, 2.24) is 0 Å². The fourth-order valence-electron chi connectivity index (χ4n) is 2.57. The minimum atomic E-state index is -0.682. The highest BCUT2D eigenvalue weighted by Gasteiger charge is 2.28. The van der Waals surface area contributed by atoms with Gasteiger partial charge in [0.05, 0.1) is 0 Å². The van der Waals surface area contributed by atoms with Crippen molar-refractivity contribution in [3.05, 3.63) is 70.8 Å². The largest absolute Gasteiger partial charge is 0.481 e. The minimum absolute atomic E-state index is 0.0641. The van der Waals surface area contributed by atoms with Gasteiger partial charge in [-0.1, -0.05) is 68.3 Å². The van der Waals surface area contributed by atoms with Crippen molar-refractivity contribution in [2.75, 3.05) is 0 Å². The minimum Gasteiger partial charge on any atom is -0.481 e. The molecule has 1 aliphatic carbocycles. The van der Waals surface area contributed by atoms with Crippen molar-refractivity contribution < 1.29 is 19.5 Å². The lowest BCUT2D eigenvalue weighted by Crippen LogP contribution is -2.20. The fraction of sp³-hybridized carbons (Fsp3) is 0.250. The topological polar surface area (TPSA) is 71.4 Å². The van der Waals surface area contributed by atoms with Crippen molar-refractivity contribution in [1.29, 1.82) is 0 Å². The summed E-state index contributed by atoms with van der Waals surface area (Å²) in [7, 11) is 0. The van der Waals surface area contributed by atoms with Gasteiger partial charge in [-0.15, -0.1) is 0 Å². The van der Waals surface area contributed by atoms with E-state index in [0.717, 1.165) is 19.3 Å². The van der Waals surface area contributed by atoms with E-state index in [2.05, 4.69) is 6.92 Å². The standard InChI is InChI=1S/C14H8O2.C6H12O2/c15-13-9-5-1-2-6-10(9)14(16)12-8-4-3-7-11(12)13;1-2-3-4-5-6(7)8/h1-8H;2-5H2,1H3,(H,7,8). The van der Waals surface area contributed by atoms with Crippen LogP contribution in [-0.2, 0) is 4.79 Å². The van der Waals surface area contributed by atoms with E-state index in [-0.39, 0.29) is 11.6 Å². The van der Waals surface area contributed by atoms with Crippen LogP contribution in [0.1, 0.15) is 64.4 Å². The van der Waals surface area contributed by atoms with Crippen molar-refractivity contribution in [3.63, 3.8) is 0 Å². The number of carboxylic acids is 1. The van der Waals surface area contributed by atoms with E-state index in [1.165, 1.54) is 0 Å². The van der Waals surface area contributed by atoms with E-state index >= 15 is 0 Å². The van der Waals surface area contributed by atoms with Crippen molar-refractivity contribution in [2.24, 2.45) is 0 Å². The molecular formula is C20H20O4. The Morgan fingerprint density at radius 1 is 0.792 bits per heavy atom. The first-order chi connectivity index (χ1) is 11.6. The lowest BCUT2D eigenvalue weighted by molar-refractivity contribution is -0.137. The Bertz CT molecular complexity index is 656. The lowest BCUT2D eigenvalue weighted by atomic mass is 9.84. The summed E-state index contributed by atoms with van der Waals surface area (Å²) in [5.41, 5.74) is 2.02. The molecular weight excluding hydrogens is 304 g/mol. The number of carbonyl (C=O) groups excluding carboxylic acids is 2. The lowest BCUT2D eigenvalue weighted by Gasteiger charge is -2.16. The van der Waals surface area contributed by atoms with Gasteiger partial charge in [0, 0.05) is 28.7 Å². The van der Waals surface area contributed by atoms with Gasteiger partial charge in [0.2, 0.25) is 0 Å². The number of unbranched alkanes of at least 4 members (excludes halogenated alkanes) is 2. The zero-order chi connectivity index (χ0) is 17.5. The Balaban J connectivity index is 0.000000224. The summed E-state index contributed by atoms with van der Waals surface area (Å²) < 4.78 is 0. The molecule has 0 atom stereocenters. The molecule has 0 amide bonds. The summed E-state index contributed by atoms with van der Waals surface area (Å²) in [6, 6.07) is 13.9. The van der Waals surface area contributed by atoms with E-state index in [0.29, 0.717) is 28.7 Å². The Morgan fingerprint density at radius 3 is 1.46 bits per heavy atom. The molecule has 124 valence electrons. The number of carboxylic acid groups (broad SMARTS) is 1. The monoisotopic (exact) mass is 324 g/mol. The van der Waals surface area contributed by atoms with Crippen LogP contribution in [0, 0.1) is 0 Å². The summed E-state index contributed by atoms with van der Waals surface area (Å²) in [5, 5.41) is 8.14. The first-order valence-corrected chi connectivity index (χ1v) is 8.05. The maximum absolute atomic E-state index is 12.1. The molecule has 1 aliphatic rings. The van der Waals surface area contributed by atoms with Crippen LogP contribution in [0.3, 0.4) is 0 Å². The number of hydrogen-bond donors (Lipinski definition) is 1. The Morgan fingerprint density at radius 2 is 1.17 bits per heavy atom. The van der Waals surface area contributed by atoms with Gasteiger partial charge in [0.1, 0.15) is 0 Å². The average molecular weight is 324 g/mol. The van der Waals surface area contributed by atoms with Crippen molar-refractivity contribution in [2.45, 2.75) is 32.6 Å². The van der Waals surface area contributed by atoms with Crippen LogP contribution in [0.25, 0.3) is 0 Å². The third kappa shape index (κ3) is 3.96. The predicted octanol–water partition coefficient (Wildman–Crippen LogP) is 4.11. The van der Waals surface area contributed by atoms with Crippen molar-refractivity contribution >= 4 is 17.5 Å². The number of aliphatic carboxylic acids is 1. The molecule has 0 fully saturated rings. The normalized spacial score (nSPS) is 11.9. The van der Waals surface area contributed by atoms with Gasteiger partial charge in [0.15, 0.2) is 11.6 Å². The molecule has 0 aromatic heterocycles. The van der Waals surface area contributed by atoms with Crippen LogP contribution in [0.2, 0.25) is 0 Å². The zero-order valence-electron chi connectivity index (χ0n) is 13.6. The molecule has 0 bridgehead atoms. The van der Waals surface area contributed by atoms with Gasteiger partial charge < -0.3 is 5.11 Å². The van der Waals surface area contributed by atoms with Gasteiger partial charge in [0.25, 0.3) is 0 Å². The maximum Gasteiger partial charge on any atom is 0.303 e. The maximum atomic E-state index is 12.1. The SMILES string of the molecule is CCCCCC(=O)O.O=C1c2ccccc2C(=O)c2ccccc21. The van der Waals surface area contributed by atoms with Crippen LogP contribution in [0.4, 0.5) is 0 Å². The zero-order valence-corrected chi connectivity index (χ0v) is 13.6. The molecule has 0 aliphatic heterocycles. The molecule has 0 spiro atoms. The molecule has 2 aromatic rings. The van der Waals surface area contributed by atoms with E-state index in [1.54, 1.807) is 48.5 Å². The van der Waals surface area contributed by atoms with E-state index in [9.17, 15) is 14.4 Å². The highest BCUT2D eigenvalue weighted by atomic mass is 16.4. The van der Waals surface area contributed by atoms with E-state index in [4.69, 9.17) is 5.11 Å². The second-order valence-corrected chi connectivity index (χ2v) is 5.60. The van der Waals surface area contributed by atoms with Gasteiger partial charge in [-0.25, -0.2) is 0 Å². The molecule has 4 nitrogen and oxygen atoms in total. The van der Waals surface area contributed by atoms with Crippen LogP contribution in [0.15, 0.2) is 48.5 Å². The Labute approximate surface area is 141 Å². The molecule has 0 unspecified atom stereocenters. The number of hydrogen-bond acceptors (Lipinski definition) is 3. The van der Waals surface area contributed by atoms with Gasteiger partial charge in [-0.2, -0.15) is 0 Å². The number of ketones is 2. The number of carbonyl (C=O) groups is 3. The van der Waals surface area contributed by atoms with Gasteiger partial charge >= 0.3 is 5.97 Å². The first kappa shape index (κ1) is 17.6. The highest BCUT2D eigenvalue weighted by Crippen LogP contribution is 2.26. The van der Waals surface area contributed by atoms with Gasteiger partial charge in [-0.3, -0.25) is 14.4 Å². The van der Waals surface area contributed by atoms with Crippen LogP contribution < -0.4 is 0 Å². The summed E-state index contributed by atoms with van der Waals surface area (Å²) in [6.07, 6.45) is 3.28. The van der Waals surface area contributed by atoms with E-state index in [1.807, 2.05) is 0 Å². The summed E-state index contributed by atoms with van der Waals surface area (Å²) in [4.78, 5) is 34.1. The summed E-state index contributed by atoms with van der Waals surface area (Å²) in [5.74, 6) is -0.810. The van der Waals surface area contributed by atoms with Crippen LogP contribution in [0.5, 0.6) is 0 Å². The molecule has 2 aromatic carbocycles. The Hall–Kier alpha value is -2.75. The number of rotatable bonds is 4. The third-order valence-electron chi connectivity index (χ3n) is 3.83. The molecule has 0 saturated heterocycles. The number of fused-ring (bicyclic) bond motifs is 2. The third-order valence-corrected chi connectivity index (χ3v) is 3.83. The van der Waals surface area contributed by atoms with Gasteiger partial charge in [-0.05, 0) is 6.42 Å². The average Bonchev–Trinajstić information content (AvgIpc) is 2.60. The quantitative estimate of drug-likeness (QED) is 0.733. The second kappa shape index (κ2) is 8.20. The molecule has 1 N–H and O–H groups in total. The second-order valence-electron chi connectivity index (χ2n) is 5.60. The molecule has 0 saturated carbocycles. The fourth-order valence-corrected chi connectivity index (χ4v) is 2.57. The molecule has 0 heterocycles. The van der Waals surface area contributed by atoms with Crippen LogP contribution >= 0.6 is 0 Å². The molecule has 3 rings (SSSR count). The van der Waals surface area contributed by atoms with Crippen molar-refractivity contribution in [3.8, 4) is 0 Å². The van der Waals surface area contributed by atoms with E-state index < -0.39 is 5.97 Å². The summed E-state index contributed by atoms with van der Waals surface area (Å²) in [6.45, 7) is 2.06. The molecule has 4 heteroatoms. The van der Waals surface area contributed by atoms with Crippen LogP contribution in [-0.4, -0.2) is 22.6 Å². The summed E-state index contributed by atoms with van der Waals surface area (Å²) >= 11 is 0. The number of benzene rings is 2. The molecule has 24 heavy (non-hydrogen) atoms. The highest BCUT2D eigenvalue weighted by molar-refractivity contribution is 6.28. The molecule has 0 radical (unpaired) electrons. The Kier molecular flexibility index (Phi) is 6.01. The first-order valence-electron chi connectivity index (χ1n) is 8.05.